The normalized spacial score (nSPS) is 20.0. The summed E-state index contributed by atoms with van der Waals surface area (Å²) in [4.78, 5) is 12.8. The molecule has 5 nitrogen and oxygen atoms in total. The molecule has 3 rings (SSSR count). The third kappa shape index (κ3) is 3.97. The zero-order chi connectivity index (χ0) is 17.3. The fourth-order valence-corrected chi connectivity index (χ4v) is 3.21. The van der Waals surface area contributed by atoms with Gasteiger partial charge in [0.2, 0.25) is 0 Å². The lowest BCUT2D eigenvalue weighted by Crippen LogP contribution is -2.50. The fraction of sp³-hybridized carbons (Fsp3) is 0.412. The molecule has 2 heterocycles. The molecule has 1 aliphatic rings. The third-order valence-electron chi connectivity index (χ3n) is 4.43. The molecular weight excluding hydrogens is 368 g/mol. The highest BCUT2D eigenvalue weighted by molar-refractivity contribution is 6.33. The molecule has 1 aromatic carbocycles. The van der Waals surface area contributed by atoms with E-state index in [-0.39, 0.29) is 46.2 Å². The smallest absolute Gasteiger partial charge is 0.257 e. The summed E-state index contributed by atoms with van der Waals surface area (Å²) in [6.45, 7) is 5.37. The molecule has 2 aromatic rings. The molecular formula is C17H20Cl2FN3O2. The van der Waals surface area contributed by atoms with E-state index in [1.807, 2.05) is 0 Å². The molecule has 1 fully saturated rings. The van der Waals surface area contributed by atoms with Gasteiger partial charge in [0.1, 0.15) is 22.8 Å². The van der Waals surface area contributed by atoms with Crippen molar-refractivity contribution in [2.75, 3.05) is 13.1 Å². The Morgan fingerprint density at radius 2 is 2.24 bits per heavy atom. The van der Waals surface area contributed by atoms with Crippen LogP contribution in [0.5, 0.6) is 0 Å². The number of halogens is 3. The highest BCUT2D eigenvalue weighted by Gasteiger charge is 2.29. The lowest BCUT2D eigenvalue weighted by Gasteiger charge is -2.30. The van der Waals surface area contributed by atoms with E-state index in [0.29, 0.717) is 18.2 Å². The first kappa shape index (κ1) is 19.7. The summed E-state index contributed by atoms with van der Waals surface area (Å²) in [6, 6.07) is 4.34. The minimum Gasteiger partial charge on any atom is -0.360 e. The number of carbonyl (C=O) groups excluding carboxylic acids is 1. The van der Waals surface area contributed by atoms with Crippen molar-refractivity contribution < 1.29 is 13.7 Å². The highest BCUT2D eigenvalue weighted by Crippen LogP contribution is 2.33. The van der Waals surface area contributed by atoms with Crippen LogP contribution in [-0.2, 0) is 0 Å². The number of carbonyl (C=O) groups is 1. The summed E-state index contributed by atoms with van der Waals surface area (Å²) in [5, 5.41) is 10.3. The van der Waals surface area contributed by atoms with Gasteiger partial charge in [-0.1, -0.05) is 29.7 Å². The van der Waals surface area contributed by atoms with Gasteiger partial charge in [0.25, 0.3) is 5.91 Å². The molecule has 2 N–H and O–H groups in total. The molecule has 1 amide bonds. The van der Waals surface area contributed by atoms with Crippen molar-refractivity contribution in [2.24, 2.45) is 5.92 Å². The lowest BCUT2D eigenvalue weighted by molar-refractivity contribution is 0.0914. The van der Waals surface area contributed by atoms with Gasteiger partial charge in [0.15, 0.2) is 0 Å². The van der Waals surface area contributed by atoms with E-state index in [1.54, 1.807) is 13.0 Å². The van der Waals surface area contributed by atoms with Crippen LogP contribution in [-0.4, -0.2) is 30.2 Å². The highest BCUT2D eigenvalue weighted by atomic mass is 35.5. The second kappa shape index (κ2) is 8.17. The number of hydrogen-bond donors (Lipinski definition) is 2. The number of nitrogens with one attached hydrogen (secondary N) is 2. The molecule has 0 radical (unpaired) electrons. The zero-order valence-electron chi connectivity index (χ0n) is 13.9. The Hall–Kier alpha value is -1.63. The Labute approximate surface area is 156 Å². The second-order valence-electron chi connectivity index (χ2n) is 6.11. The van der Waals surface area contributed by atoms with Gasteiger partial charge in [-0.2, -0.15) is 0 Å². The predicted octanol–water partition coefficient (Wildman–Crippen LogP) is 3.59. The first-order chi connectivity index (χ1) is 11.5. The number of nitrogens with zero attached hydrogens (tertiary/aromatic N) is 1. The molecule has 2 atom stereocenters. The van der Waals surface area contributed by atoms with Crippen molar-refractivity contribution in [1.82, 2.24) is 15.8 Å². The van der Waals surface area contributed by atoms with Crippen LogP contribution >= 0.6 is 24.0 Å². The Kier molecular flexibility index (Phi) is 6.43. The first-order valence-electron chi connectivity index (χ1n) is 7.91. The average Bonchev–Trinajstić information content (AvgIpc) is 2.91. The summed E-state index contributed by atoms with van der Waals surface area (Å²) in [6.07, 6.45) is 0.986. The van der Waals surface area contributed by atoms with Gasteiger partial charge in [-0.25, -0.2) is 4.39 Å². The Morgan fingerprint density at radius 1 is 1.48 bits per heavy atom. The summed E-state index contributed by atoms with van der Waals surface area (Å²) < 4.78 is 19.3. The predicted molar refractivity (Wildman–Crippen MR) is 96.8 cm³/mol. The van der Waals surface area contributed by atoms with Crippen molar-refractivity contribution in [2.45, 2.75) is 26.3 Å². The minimum absolute atomic E-state index is 0. The van der Waals surface area contributed by atoms with Gasteiger partial charge in [0.05, 0.1) is 10.6 Å². The van der Waals surface area contributed by atoms with Crippen molar-refractivity contribution in [3.8, 4) is 11.3 Å². The van der Waals surface area contributed by atoms with E-state index >= 15 is 0 Å². The minimum atomic E-state index is -0.544. The SMILES string of the molecule is Cc1onc(-c2c(F)cccc2Cl)c1C(=O)NC1CNCCC1C.Cl. The number of aromatic nitrogens is 1. The Bertz CT molecular complexity index is 746. The summed E-state index contributed by atoms with van der Waals surface area (Å²) in [5.41, 5.74) is 0.431. The summed E-state index contributed by atoms with van der Waals surface area (Å²) in [7, 11) is 0. The molecule has 0 saturated carbocycles. The number of aryl methyl sites for hydroxylation is 1. The van der Waals surface area contributed by atoms with Crippen LogP contribution in [0.4, 0.5) is 4.39 Å². The molecule has 0 spiro atoms. The first-order valence-corrected chi connectivity index (χ1v) is 8.29. The summed E-state index contributed by atoms with van der Waals surface area (Å²) >= 11 is 6.10. The monoisotopic (exact) mass is 387 g/mol. The number of piperidine rings is 1. The van der Waals surface area contributed by atoms with Crippen molar-refractivity contribution in [1.29, 1.82) is 0 Å². The quantitative estimate of drug-likeness (QED) is 0.844. The van der Waals surface area contributed by atoms with Crippen molar-refractivity contribution in [3.63, 3.8) is 0 Å². The number of hydrogen-bond acceptors (Lipinski definition) is 4. The van der Waals surface area contributed by atoms with Crippen LogP contribution in [0.15, 0.2) is 22.7 Å². The van der Waals surface area contributed by atoms with Crippen LogP contribution in [0.3, 0.4) is 0 Å². The third-order valence-corrected chi connectivity index (χ3v) is 4.75. The van der Waals surface area contributed by atoms with Gasteiger partial charge in [-0.05, 0) is 37.9 Å². The van der Waals surface area contributed by atoms with Crippen LogP contribution < -0.4 is 10.6 Å². The fourth-order valence-electron chi connectivity index (χ4n) is 2.96. The number of benzene rings is 1. The molecule has 8 heteroatoms. The maximum Gasteiger partial charge on any atom is 0.257 e. The van der Waals surface area contributed by atoms with Gasteiger partial charge >= 0.3 is 0 Å². The van der Waals surface area contributed by atoms with E-state index in [2.05, 4.69) is 22.7 Å². The molecule has 0 bridgehead atoms. The molecule has 1 saturated heterocycles. The van der Waals surface area contributed by atoms with Crippen LogP contribution in [0.25, 0.3) is 11.3 Å². The second-order valence-corrected chi connectivity index (χ2v) is 6.52. The number of rotatable bonds is 3. The summed E-state index contributed by atoms with van der Waals surface area (Å²) in [5.74, 6) is -0.185. The van der Waals surface area contributed by atoms with E-state index in [9.17, 15) is 9.18 Å². The van der Waals surface area contributed by atoms with E-state index in [0.717, 1.165) is 13.0 Å². The maximum absolute atomic E-state index is 14.2. The molecule has 2 unspecified atom stereocenters. The zero-order valence-corrected chi connectivity index (χ0v) is 15.5. The van der Waals surface area contributed by atoms with Crippen molar-refractivity contribution >= 4 is 29.9 Å². The molecule has 1 aromatic heterocycles. The van der Waals surface area contributed by atoms with E-state index in [4.69, 9.17) is 16.1 Å². The van der Waals surface area contributed by atoms with Crippen molar-refractivity contribution in [3.05, 3.63) is 40.4 Å². The van der Waals surface area contributed by atoms with Gasteiger partial charge in [0, 0.05) is 12.6 Å². The Morgan fingerprint density at radius 3 is 2.92 bits per heavy atom. The van der Waals surface area contributed by atoms with E-state index in [1.165, 1.54) is 12.1 Å². The van der Waals surface area contributed by atoms with Gasteiger partial charge in [-0.15, -0.1) is 12.4 Å². The van der Waals surface area contributed by atoms with E-state index < -0.39 is 5.82 Å². The van der Waals surface area contributed by atoms with Crippen LogP contribution in [0.2, 0.25) is 5.02 Å². The average molecular weight is 388 g/mol. The standard InChI is InChI=1S/C17H19ClFN3O2.ClH/c1-9-6-7-20-8-13(9)21-17(23)14-10(2)24-22-16(14)15-11(18)4-3-5-12(15)19;/h3-5,9,13,20H,6-8H2,1-2H3,(H,21,23);1H. The molecule has 1 aliphatic heterocycles. The van der Waals surface area contributed by atoms with Gasteiger partial charge in [-0.3, -0.25) is 4.79 Å². The lowest BCUT2D eigenvalue weighted by atomic mass is 9.94. The maximum atomic E-state index is 14.2. The van der Waals surface area contributed by atoms with Crippen LogP contribution in [0, 0.1) is 18.7 Å². The van der Waals surface area contributed by atoms with Crippen LogP contribution in [0.1, 0.15) is 29.5 Å². The Balaban J connectivity index is 0.00000225. The number of amides is 1. The largest absolute Gasteiger partial charge is 0.360 e. The van der Waals surface area contributed by atoms with Gasteiger partial charge < -0.3 is 15.2 Å². The topological polar surface area (TPSA) is 67.2 Å². The molecule has 136 valence electrons. The molecule has 25 heavy (non-hydrogen) atoms. The molecule has 0 aliphatic carbocycles.